The Labute approximate surface area is 92.0 Å². The molecule has 1 atom stereocenters. The van der Waals surface area contributed by atoms with Gasteiger partial charge in [0.25, 0.3) is 0 Å². The highest BCUT2D eigenvalue weighted by Crippen LogP contribution is 2.35. The summed E-state index contributed by atoms with van der Waals surface area (Å²) in [6.45, 7) is 3.72. The fourth-order valence-corrected chi connectivity index (χ4v) is 3.09. The van der Waals surface area contributed by atoms with Crippen LogP contribution in [0.4, 0.5) is 0 Å². The van der Waals surface area contributed by atoms with Crippen molar-refractivity contribution in [2.75, 3.05) is 0 Å². The maximum Gasteiger partial charge on any atom is 0.166 e. The Kier molecular flexibility index (Phi) is 2.40. The van der Waals surface area contributed by atoms with Crippen molar-refractivity contribution in [1.82, 2.24) is 4.57 Å². The minimum Gasteiger partial charge on any atom is -0.389 e. The van der Waals surface area contributed by atoms with Gasteiger partial charge in [0.15, 0.2) is 6.29 Å². The van der Waals surface area contributed by atoms with E-state index in [0.717, 1.165) is 22.1 Å². The van der Waals surface area contributed by atoms with E-state index in [2.05, 4.69) is 0 Å². The number of hydrogen-bond acceptors (Lipinski definition) is 3. The van der Waals surface area contributed by atoms with E-state index in [1.54, 1.807) is 18.3 Å². The van der Waals surface area contributed by atoms with Crippen LogP contribution in [-0.2, 0) is 7.05 Å². The number of aliphatic hydroxyl groups excluding tert-OH is 1. The van der Waals surface area contributed by atoms with E-state index in [4.69, 9.17) is 0 Å². The van der Waals surface area contributed by atoms with Gasteiger partial charge in [0, 0.05) is 17.5 Å². The highest BCUT2D eigenvalue weighted by molar-refractivity contribution is 7.19. The third-order valence-electron chi connectivity index (χ3n) is 2.61. The molecule has 4 heteroatoms. The Bertz CT molecular complexity index is 522. The number of aryl methyl sites for hydroxylation is 2. The molecule has 2 heterocycles. The molecule has 2 aromatic rings. The van der Waals surface area contributed by atoms with Crippen molar-refractivity contribution < 1.29 is 9.90 Å². The fourth-order valence-electron chi connectivity index (χ4n) is 1.92. The van der Waals surface area contributed by atoms with E-state index in [0.29, 0.717) is 5.69 Å². The molecule has 15 heavy (non-hydrogen) atoms. The molecule has 0 bridgehead atoms. The molecule has 0 aliphatic carbocycles. The lowest BCUT2D eigenvalue weighted by Gasteiger charge is -2.03. The zero-order valence-corrected chi connectivity index (χ0v) is 9.76. The number of aldehydes is 1. The van der Waals surface area contributed by atoms with Crippen molar-refractivity contribution in [2.24, 2.45) is 7.05 Å². The first kappa shape index (κ1) is 10.4. The molecule has 0 saturated carbocycles. The third kappa shape index (κ3) is 1.41. The molecular weight excluding hydrogens is 210 g/mol. The van der Waals surface area contributed by atoms with Crippen molar-refractivity contribution in [1.29, 1.82) is 0 Å². The van der Waals surface area contributed by atoms with Gasteiger partial charge >= 0.3 is 0 Å². The van der Waals surface area contributed by atoms with E-state index in [1.807, 2.05) is 24.6 Å². The van der Waals surface area contributed by atoms with E-state index in [1.165, 1.54) is 4.88 Å². The zero-order chi connectivity index (χ0) is 11.2. The molecule has 3 nitrogen and oxygen atoms in total. The molecule has 1 unspecified atom stereocenters. The maximum absolute atomic E-state index is 11.0. The molecule has 0 aromatic carbocycles. The predicted octanol–water partition coefficient (Wildman–Crippen LogP) is 2.41. The minimum atomic E-state index is -0.605. The minimum absolute atomic E-state index is 0.575. The summed E-state index contributed by atoms with van der Waals surface area (Å²) in [6.07, 6.45) is 0.205. The molecule has 2 rings (SSSR count). The quantitative estimate of drug-likeness (QED) is 0.794. The van der Waals surface area contributed by atoms with E-state index < -0.39 is 6.10 Å². The summed E-state index contributed by atoms with van der Waals surface area (Å²) < 4.78 is 2.86. The van der Waals surface area contributed by atoms with Gasteiger partial charge < -0.3 is 9.67 Å². The second-order valence-corrected chi connectivity index (χ2v) is 4.98. The number of carbonyl (C=O) groups excluding carboxylic acids is 1. The highest BCUT2D eigenvalue weighted by Gasteiger charge is 2.19. The van der Waals surface area contributed by atoms with E-state index in [-0.39, 0.29) is 0 Å². The highest BCUT2D eigenvalue weighted by atomic mass is 32.1. The molecule has 0 aliphatic heterocycles. The average Bonchev–Trinajstić information content (AvgIpc) is 2.63. The molecule has 0 aliphatic rings. The Morgan fingerprint density at radius 2 is 2.27 bits per heavy atom. The number of aliphatic hydroxyl groups is 1. The summed E-state index contributed by atoms with van der Waals surface area (Å²) in [6, 6.07) is 2.04. The van der Waals surface area contributed by atoms with Crippen LogP contribution in [0, 0.1) is 6.92 Å². The summed E-state index contributed by atoms with van der Waals surface area (Å²) >= 11 is 1.62. The lowest BCUT2D eigenvalue weighted by molar-refractivity contribution is 0.111. The fraction of sp³-hybridized carbons (Fsp3) is 0.364. The lowest BCUT2D eigenvalue weighted by atomic mass is 10.1. The number of aromatic nitrogens is 1. The summed E-state index contributed by atoms with van der Waals surface area (Å²) in [4.78, 5) is 12.2. The Hall–Kier alpha value is -1.13. The standard InChI is InChI=1S/C11H13NO2S/c1-6-4-8-11(15-6)10(7(2)14)9(5-13)12(8)3/h4-5,7,14H,1-3H3. The normalized spacial score (nSPS) is 13.3. The molecule has 1 N–H and O–H groups in total. The van der Waals surface area contributed by atoms with Crippen molar-refractivity contribution in [3.05, 3.63) is 22.2 Å². The summed E-state index contributed by atoms with van der Waals surface area (Å²) in [5.74, 6) is 0. The molecule has 0 fully saturated rings. The van der Waals surface area contributed by atoms with Gasteiger partial charge in [-0.15, -0.1) is 11.3 Å². The summed E-state index contributed by atoms with van der Waals surface area (Å²) in [7, 11) is 1.85. The van der Waals surface area contributed by atoms with Crippen LogP contribution in [0.5, 0.6) is 0 Å². The summed E-state index contributed by atoms with van der Waals surface area (Å²) in [5.41, 5.74) is 2.35. The first-order chi connectivity index (χ1) is 7.06. The van der Waals surface area contributed by atoms with E-state index in [9.17, 15) is 9.90 Å². The van der Waals surface area contributed by atoms with Gasteiger partial charge in [0.05, 0.1) is 22.0 Å². The molecule has 0 radical (unpaired) electrons. The first-order valence-electron chi connectivity index (χ1n) is 4.78. The SMILES string of the molecule is Cc1cc2c(s1)c(C(C)O)c(C=O)n2C. The second-order valence-electron chi connectivity index (χ2n) is 3.72. The van der Waals surface area contributed by atoms with Gasteiger partial charge in [-0.25, -0.2) is 0 Å². The van der Waals surface area contributed by atoms with Crippen LogP contribution in [0.2, 0.25) is 0 Å². The Morgan fingerprint density at radius 3 is 2.80 bits per heavy atom. The zero-order valence-electron chi connectivity index (χ0n) is 8.94. The Morgan fingerprint density at radius 1 is 1.60 bits per heavy atom. The van der Waals surface area contributed by atoms with Gasteiger partial charge in [0.2, 0.25) is 0 Å². The number of nitrogens with zero attached hydrogens (tertiary/aromatic N) is 1. The molecule has 0 spiro atoms. The smallest absolute Gasteiger partial charge is 0.166 e. The largest absolute Gasteiger partial charge is 0.389 e. The number of carbonyl (C=O) groups is 1. The second kappa shape index (κ2) is 3.47. The number of hydrogen-bond donors (Lipinski definition) is 1. The van der Waals surface area contributed by atoms with Crippen LogP contribution in [0.1, 0.15) is 34.0 Å². The maximum atomic E-state index is 11.0. The van der Waals surface area contributed by atoms with Crippen molar-refractivity contribution in [3.8, 4) is 0 Å². The van der Waals surface area contributed by atoms with Crippen molar-refractivity contribution >= 4 is 27.8 Å². The molecule has 80 valence electrons. The number of fused-ring (bicyclic) bond motifs is 1. The van der Waals surface area contributed by atoms with Crippen molar-refractivity contribution in [3.63, 3.8) is 0 Å². The molecular formula is C11H13NO2S. The van der Waals surface area contributed by atoms with Crippen LogP contribution in [-0.4, -0.2) is 16.0 Å². The van der Waals surface area contributed by atoms with Crippen molar-refractivity contribution in [2.45, 2.75) is 20.0 Å². The van der Waals surface area contributed by atoms with Gasteiger partial charge in [-0.1, -0.05) is 0 Å². The summed E-state index contributed by atoms with van der Waals surface area (Å²) in [5, 5.41) is 9.69. The Balaban J connectivity index is 2.88. The first-order valence-corrected chi connectivity index (χ1v) is 5.60. The van der Waals surface area contributed by atoms with Crippen LogP contribution in [0.3, 0.4) is 0 Å². The number of thiophene rings is 1. The van der Waals surface area contributed by atoms with Gasteiger partial charge in [0.1, 0.15) is 0 Å². The average molecular weight is 223 g/mol. The molecule has 0 saturated heterocycles. The van der Waals surface area contributed by atoms with Crippen LogP contribution in [0.15, 0.2) is 6.07 Å². The van der Waals surface area contributed by atoms with Gasteiger partial charge in [-0.2, -0.15) is 0 Å². The third-order valence-corrected chi connectivity index (χ3v) is 3.68. The predicted molar refractivity (Wildman–Crippen MR) is 61.6 cm³/mol. The van der Waals surface area contributed by atoms with Crippen LogP contribution in [0.25, 0.3) is 10.2 Å². The lowest BCUT2D eigenvalue weighted by Crippen LogP contribution is -2.00. The topological polar surface area (TPSA) is 42.2 Å². The number of rotatable bonds is 2. The van der Waals surface area contributed by atoms with Gasteiger partial charge in [-0.3, -0.25) is 4.79 Å². The van der Waals surface area contributed by atoms with Crippen LogP contribution >= 0.6 is 11.3 Å². The van der Waals surface area contributed by atoms with E-state index >= 15 is 0 Å². The monoisotopic (exact) mass is 223 g/mol. The van der Waals surface area contributed by atoms with Gasteiger partial charge in [-0.05, 0) is 19.9 Å². The molecule has 0 amide bonds. The van der Waals surface area contributed by atoms with Crippen LogP contribution < -0.4 is 0 Å². The molecule has 2 aromatic heterocycles.